The molecular formula is C22H19BrN2O3S. The quantitative estimate of drug-likeness (QED) is 0.303. The average molecular weight is 471 g/mol. The zero-order valence-corrected chi connectivity index (χ0v) is 18.4. The molecule has 5 nitrogen and oxygen atoms in total. The number of halogens is 1. The van der Waals surface area contributed by atoms with Gasteiger partial charge in [-0.1, -0.05) is 34.7 Å². The molecule has 1 fully saturated rings. The predicted molar refractivity (Wildman–Crippen MR) is 122 cm³/mol. The van der Waals surface area contributed by atoms with E-state index in [9.17, 15) is 9.59 Å². The van der Waals surface area contributed by atoms with E-state index < -0.39 is 11.8 Å². The van der Waals surface area contributed by atoms with Crippen molar-refractivity contribution < 1.29 is 14.3 Å². The second-order valence-electron chi connectivity index (χ2n) is 6.59. The number of carbonyl (C=O) groups excluding carboxylic acids is 2. The lowest BCUT2D eigenvalue weighted by atomic mass is 10.0. The van der Waals surface area contributed by atoms with E-state index in [4.69, 9.17) is 17.0 Å². The highest BCUT2D eigenvalue weighted by Gasteiger charge is 2.34. The Bertz CT molecular complexity index is 1040. The number of carbonyl (C=O) groups is 2. The largest absolute Gasteiger partial charge is 0.489 e. The number of aryl methyl sites for hydroxylation is 2. The summed E-state index contributed by atoms with van der Waals surface area (Å²) in [6.45, 7) is 7.82. The lowest BCUT2D eigenvalue weighted by Crippen LogP contribution is -2.54. The number of thiocarbonyl (C=S) groups is 1. The molecule has 2 aromatic carbocycles. The van der Waals surface area contributed by atoms with Crippen LogP contribution in [0.5, 0.6) is 5.75 Å². The SMILES string of the molecule is C=CCOc1ccc(Br)cc1/C=C1\C(=O)NC(=S)N(c2cc(C)cc(C)c2)C1=O. The summed E-state index contributed by atoms with van der Waals surface area (Å²) in [7, 11) is 0. The molecule has 0 saturated carbocycles. The van der Waals surface area contributed by atoms with Crippen LogP contribution >= 0.6 is 28.1 Å². The number of anilines is 1. The van der Waals surface area contributed by atoms with Crippen LogP contribution in [0, 0.1) is 13.8 Å². The van der Waals surface area contributed by atoms with Crippen LogP contribution in [0.15, 0.2) is 59.1 Å². The van der Waals surface area contributed by atoms with E-state index in [0.29, 0.717) is 23.6 Å². The molecule has 1 aliphatic rings. The van der Waals surface area contributed by atoms with Gasteiger partial charge in [-0.15, -0.1) is 0 Å². The van der Waals surface area contributed by atoms with E-state index in [0.717, 1.165) is 15.6 Å². The number of nitrogens with zero attached hydrogens (tertiary/aromatic N) is 1. The molecule has 2 amide bonds. The topological polar surface area (TPSA) is 58.6 Å². The Morgan fingerprint density at radius 1 is 1.17 bits per heavy atom. The van der Waals surface area contributed by atoms with Crippen molar-refractivity contribution in [3.05, 3.63) is 75.8 Å². The molecular weight excluding hydrogens is 452 g/mol. The molecule has 7 heteroatoms. The highest BCUT2D eigenvalue weighted by molar-refractivity contribution is 9.10. The fourth-order valence-corrected chi connectivity index (χ4v) is 3.70. The van der Waals surface area contributed by atoms with Gasteiger partial charge in [-0.05, 0) is 73.6 Å². The van der Waals surface area contributed by atoms with Gasteiger partial charge in [0.1, 0.15) is 17.9 Å². The number of amides is 2. The predicted octanol–water partition coefficient (Wildman–Crippen LogP) is 4.46. The van der Waals surface area contributed by atoms with Gasteiger partial charge >= 0.3 is 0 Å². The van der Waals surface area contributed by atoms with Crippen molar-refractivity contribution in [2.24, 2.45) is 0 Å². The molecule has 1 aliphatic heterocycles. The van der Waals surface area contributed by atoms with Gasteiger partial charge in [0.2, 0.25) is 0 Å². The van der Waals surface area contributed by atoms with Crippen molar-refractivity contribution in [1.29, 1.82) is 0 Å². The summed E-state index contributed by atoms with van der Waals surface area (Å²) in [5, 5.41) is 2.66. The van der Waals surface area contributed by atoms with Crippen molar-refractivity contribution in [3.8, 4) is 5.75 Å². The molecule has 0 unspecified atom stereocenters. The smallest absolute Gasteiger partial charge is 0.270 e. The summed E-state index contributed by atoms with van der Waals surface area (Å²) >= 11 is 8.69. The zero-order valence-electron chi connectivity index (χ0n) is 16.0. The Morgan fingerprint density at radius 2 is 1.86 bits per heavy atom. The fraction of sp³-hybridized carbons (Fsp3) is 0.136. The van der Waals surface area contributed by atoms with Crippen molar-refractivity contribution in [2.45, 2.75) is 13.8 Å². The highest BCUT2D eigenvalue weighted by atomic mass is 79.9. The van der Waals surface area contributed by atoms with E-state index in [2.05, 4.69) is 27.8 Å². The van der Waals surface area contributed by atoms with Crippen molar-refractivity contribution in [1.82, 2.24) is 5.32 Å². The number of hydrogen-bond donors (Lipinski definition) is 1. The maximum atomic E-state index is 13.2. The molecule has 1 N–H and O–H groups in total. The normalized spacial score (nSPS) is 15.5. The van der Waals surface area contributed by atoms with Crippen LogP contribution in [-0.2, 0) is 9.59 Å². The Morgan fingerprint density at radius 3 is 2.52 bits per heavy atom. The van der Waals surface area contributed by atoms with Gasteiger partial charge in [0.25, 0.3) is 11.8 Å². The van der Waals surface area contributed by atoms with Gasteiger partial charge in [-0.2, -0.15) is 0 Å². The van der Waals surface area contributed by atoms with E-state index >= 15 is 0 Å². The van der Waals surface area contributed by atoms with Gasteiger partial charge in [0, 0.05) is 10.0 Å². The molecule has 0 aliphatic carbocycles. The van der Waals surface area contributed by atoms with Crippen molar-refractivity contribution in [3.63, 3.8) is 0 Å². The number of ether oxygens (including phenoxy) is 1. The lowest BCUT2D eigenvalue weighted by Gasteiger charge is -2.29. The molecule has 1 heterocycles. The Labute approximate surface area is 183 Å². The van der Waals surface area contributed by atoms with Crippen LogP contribution in [-0.4, -0.2) is 23.5 Å². The minimum Gasteiger partial charge on any atom is -0.489 e. The molecule has 0 spiro atoms. The van der Waals surface area contributed by atoms with E-state index in [-0.39, 0.29) is 10.7 Å². The Balaban J connectivity index is 2.06. The van der Waals surface area contributed by atoms with Gasteiger partial charge in [0.15, 0.2) is 5.11 Å². The average Bonchev–Trinajstić information content (AvgIpc) is 2.63. The monoisotopic (exact) mass is 470 g/mol. The summed E-state index contributed by atoms with van der Waals surface area (Å²) in [6, 6.07) is 11.1. The van der Waals surface area contributed by atoms with Crippen molar-refractivity contribution in [2.75, 3.05) is 11.5 Å². The first-order valence-corrected chi connectivity index (χ1v) is 10.0. The van der Waals surface area contributed by atoms with Gasteiger partial charge in [-0.3, -0.25) is 19.8 Å². The second-order valence-corrected chi connectivity index (χ2v) is 7.89. The second kappa shape index (κ2) is 8.71. The molecule has 3 rings (SSSR count). The van der Waals surface area contributed by atoms with E-state index in [1.807, 2.05) is 38.1 Å². The molecule has 2 aromatic rings. The van der Waals surface area contributed by atoms with Crippen LogP contribution < -0.4 is 15.0 Å². The zero-order chi connectivity index (χ0) is 21.1. The fourth-order valence-electron chi connectivity index (χ4n) is 3.04. The first-order chi connectivity index (χ1) is 13.8. The summed E-state index contributed by atoms with van der Waals surface area (Å²) in [4.78, 5) is 27.1. The standard InChI is InChI=1S/C22H19BrN2O3S/c1-4-7-28-19-6-5-16(23)11-15(19)12-18-20(26)24-22(29)25(21(18)27)17-9-13(2)8-14(3)10-17/h4-6,8-12H,1,7H2,2-3H3,(H,24,26,29)/b18-12+. The van der Waals surface area contributed by atoms with Crippen LogP contribution in [0.1, 0.15) is 16.7 Å². The minimum atomic E-state index is -0.546. The van der Waals surface area contributed by atoms with Crippen LogP contribution in [0.4, 0.5) is 5.69 Å². The van der Waals surface area contributed by atoms with Gasteiger partial charge in [0.05, 0.1) is 5.69 Å². The maximum Gasteiger partial charge on any atom is 0.270 e. The number of rotatable bonds is 5. The first kappa shape index (κ1) is 21.0. The lowest BCUT2D eigenvalue weighted by molar-refractivity contribution is -0.122. The molecule has 0 radical (unpaired) electrons. The molecule has 1 saturated heterocycles. The third kappa shape index (κ3) is 4.63. The Hall–Kier alpha value is -2.77. The Kier molecular flexibility index (Phi) is 6.30. The van der Waals surface area contributed by atoms with Gasteiger partial charge in [-0.25, -0.2) is 0 Å². The third-order valence-electron chi connectivity index (χ3n) is 4.19. The molecule has 29 heavy (non-hydrogen) atoms. The minimum absolute atomic E-state index is 0.0284. The summed E-state index contributed by atoms with van der Waals surface area (Å²) in [5.41, 5.74) is 3.16. The maximum absolute atomic E-state index is 13.2. The molecule has 148 valence electrons. The summed E-state index contributed by atoms with van der Waals surface area (Å²) in [5.74, 6) is -0.499. The first-order valence-electron chi connectivity index (χ1n) is 8.83. The summed E-state index contributed by atoms with van der Waals surface area (Å²) < 4.78 is 6.44. The summed E-state index contributed by atoms with van der Waals surface area (Å²) in [6.07, 6.45) is 3.13. The molecule has 0 aromatic heterocycles. The molecule has 0 bridgehead atoms. The third-order valence-corrected chi connectivity index (χ3v) is 4.97. The van der Waals surface area contributed by atoms with Gasteiger partial charge < -0.3 is 4.74 Å². The number of benzene rings is 2. The van der Waals surface area contributed by atoms with Crippen molar-refractivity contribution >= 4 is 56.8 Å². The number of hydrogen-bond acceptors (Lipinski definition) is 4. The van der Waals surface area contributed by atoms with E-state index in [1.54, 1.807) is 18.2 Å². The number of nitrogens with one attached hydrogen (secondary N) is 1. The highest BCUT2D eigenvalue weighted by Crippen LogP contribution is 2.28. The van der Waals surface area contributed by atoms with E-state index in [1.165, 1.54) is 11.0 Å². The van der Waals surface area contributed by atoms with Crippen LogP contribution in [0.2, 0.25) is 0 Å². The van der Waals surface area contributed by atoms with Crippen LogP contribution in [0.3, 0.4) is 0 Å². The van der Waals surface area contributed by atoms with Crippen LogP contribution in [0.25, 0.3) is 6.08 Å². The molecule has 0 atom stereocenters.